The molecular weight excluding hydrogens is 308 g/mol. The van der Waals surface area contributed by atoms with Crippen LogP contribution in [0.25, 0.3) is 0 Å². The number of rotatable bonds is 8. The number of ether oxygens (including phenoxy) is 1. The molecule has 0 fully saturated rings. The van der Waals surface area contributed by atoms with Crippen molar-refractivity contribution >= 4 is 11.8 Å². The zero-order valence-corrected chi connectivity index (χ0v) is 14.9. The molecular formula is C17H28N4O3. The number of methoxy groups -OCH3 is 1. The van der Waals surface area contributed by atoms with E-state index in [1.807, 2.05) is 18.0 Å². The summed E-state index contributed by atoms with van der Waals surface area (Å²) in [7, 11) is 1.60. The number of hydrogen-bond donors (Lipinski definition) is 1. The predicted molar refractivity (Wildman–Crippen MR) is 90.5 cm³/mol. The van der Waals surface area contributed by atoms with Crippen molar-refractivity contribution < 1.29 is 14.3 Å². The van der Waals surface area contributed by atoms with Crippen LogP contribution in [-0.2, 0) is 27.3 Å². The lowest BCUT2D eigenvalue weighted by Gasteiger charge is -2.33. The maximum atomic E-state index is 12.3. The summed E-state index contributed by atoms with van der Waals surface area (Å²) in [4.78, 5) is 30.7. The molecule has 0 saturated heterocycles. The molecule has 2 amide bonds. The molecule has 0 aromatic carbocycles. The van der Waals surface area contributed by atoms with Crippen molar-refractivity contribution in [2.45, 2.75) is 52.1 Å². The molecule has 1 aromatic rings. The van der Waals surface area contributed by atoms with E-state index < -0.39 is 0 Å². The standard InChI is InChI=1S/C17H28N4O3/c1-4-5-6-16(23)21-9-8-20-12-14(19-17(20)13(21)2)11-15(22)18-7-10-24-3/h12-13H,4-11H2,1-3H3,(H,18,22). The van der Waals surface area contributed by atoms with E-state index in [1.165, 1.54) is 0 Å². The third-order valence-corrected chi connectivity index (χ3v) is 4.31. The van der Waals surface area contributed by atoms with Crippen LogP contribution in [0.2, 0.25) is 0 Å². The average Bonchev–Trinajstić information content (AvgIpc) is 2.96. The van der Waals surface area contributed by atoms with Crippen LogP contribution in [0.15, 0.2) is 6.20 Å². The number of nitrogens with one attached hydrogen (secondary N) is 1. The van der Waals surface area contributed by atoms with E-state index in [9.17, 15) is 9.59 Å². The number of amides is 2. The second kappa shape index (κ2) is 8.82. The van der Waals surface area contributed by atoms with E-state index in [1.54, 1.807) is 7.11 Å². The molecule has 24 heavy (non-hydrogen) atoms. The summed E-state index contributed by atoms with van der Waals surface area (Å²) in [6.45, 7) is 6.52. The van der Waals surface area contributed by atoms with Crippen LogP contribution in [0.4, 0.5) is 0 Å². The Hall–Kier alpha value is -1.89. The van der Waals surface area contributed by atoms with Crippen LogP contribution in [0.1, 0.15) is 50.7 Å². The number of unbranched alkanes of at least 4 members (excludes halogenated alkanes) is 1. The summed E-state index contributed by atoms with van der Waals surface area (Å²) in [5.41, 5.74) is 0.745. The van der Waals surface area contributed by atoms with Gasteiger partial charge in [0, 0.05) is 39.4 Å². The van der Waals surface area contributed by atoms with Gasteiger partial charge in [-0.2, -0.15) is 0 Å². The van der Waals surface area contributed by atoms with E-state index in [2.05, 4.69) is 21.8 Å². The van der Waals surface area contributed by atoms with Crippen molar-refractivity contribution in [3.63, 3.8) is 0 Å². The van der Waals surface area contributed by atoms with Gasteiger partial charge in [0.05, 0.1) is 24.8 Å². The van der Waals surface area contributed by atoms with Crippen molar-refractivity contribution in [3.8, 4) is 0 Å². The molecule has 134 valence electrons. The molecule has 0 spiro atoms. The molecule has 1 unspecified atom stereocenters. The van der Waals surface area contributed by atoms with Gasteiger partial charge in [0.25, 0.3) is 0 Å². The maximum absolute atomic E-state index is 12.3. The quantitative estimate of drug-likeness (QED) is 0.726. The zero-order chi connectivity index (χ0) is 17.5. The van der Waals surface area contributed by atoms with Gasteiger partial charge in [0.1, 0.15) is 5.82 Å². The second-order valence-electron chi connectivity index (χ2n) is 6.17. The Bertz CT molecular complexity index is 570. The number of imidazole rings is 1. The van der Waals surface area contributed by atoms with E-state index in [0.717, 1.165) is 30.9 Å². The smallest absolute Gasteiger partial charge is 0.226 e. The highest BCUT2D eigenvalue weighted by Crippen LogP contribution is 2.25. The molecule has 0 saturated carbocycles. The molecule has 0 aliphatic carbocycles. The van der Waals surface area contributed by atoms with Crippen LogP contribution in [-0.4, -0.2) is 53.1 Å². The van der Waals surface area contributed by atoms with Gasteiger partial charge in [-0.3, -0.25) is 9.59 Å². The first-order valence-electron chi connectivity index (χ1n) is 8.67. The van der Waals surface area contributed by atoms with E-state index in [4.69, 9.17) is 4.74 Å². The molecule has 1 N–H and O–H groups in total. The molecule has 1 aromatic heterocycles. The summed E-state index contributed by atoms with van der Waals surface area (Å²) in [6, 6.07) is -0.0478. The number of carbonyl (C=O) groups excluding carboxylic acids is 2. The minimum atomic E-state index is -0.0639. The summed E-state index contributed by atoms with van der Waals surface area (Å²) >= 11 is 0. The SMILES string of the molecule is CCCCC(=O)N1CCn2cc(CC(=O)NCCOC)nc2C1C. The number of carbonyl (C=O) groups is 2. The topological polar surface area (TPSA) is 76.5 Å². The third kappa shape index (κ3) is 4.56. The summed E-state index contributed by atoms with van der Waals surface area (Å²) in [5, 5.41) is 2.80. The monoisotopic (exact) mass is 336 g/mol. The van der Waals surface area contributed by atoms with Gasteiger partial charge in [-0.05, 0) is 13.3 Å². The van der Waals surface area contributed by atoms with Gasteiger partial charge in [-0.15, -0.1) is 0 Å². The van der Waals surface area contributed by atoms with Gasteiger partial charge in [-0.1, -0.05) is 13.3 Å². The highest BCUT2D eigenvalue weighted by Gasteiger charge is 2.29. The molecule has 7 nitrogen and oxygen atoms in total. The molecule has 2 rings (SSSR count). The van der Waals surface area contributed by atoms with Crippen molar-refractivity contribution in [2.24, 2.45) is 0 Å². The molecule has 1 aliphatic heterocycles. The molecule has 1 atom stereocenters. The molecule has 0 radical (unpaired) electrons. The third-order valence-electron chi connectivity index (χ3n) is 4.31. The zero-order valence-electron chi connectivity index (χ0n) is 14.9. The van der Waals surface area contributed by atoms with Crippen molar-refractivity contribution in [1.82, 2.24) is 19.8 Å². The van der Waals surface area contributed by atoms with Gasteiger partial charge in [-0.25, -0.2) is 4.98 Å². The Labute approximate surface area is 143 Å². The first-order valence-corrected chi connectivity index (χ1v) is 8.67. The van der Waals surface area contributed by atoms with Gasteiger partial charge in [0.15, 0.2) is 0 Å². The van der Waals surface area contributed by atoms with Gasteiger partial charge < -0.3 is 19.5 Å². The largest absolute Gasteiger partial charge is 0.383 e. The lowest BCUT2D eigenvalue weighted by Crippen LogP contribution is -2.41. The van der Waals surface area contributed by atoms with Crippen LogP contribution >= 0.6 is 0 Å². The first kappa shape index (κ1) is 18.4. The van der Waals surface area contributed by atoms with E-state index >= 15 is 0 Å². The fourth-order valence-corrected chi connectivity index (χ4v) is 2.96. The number of fused-ring (bicyclic) bond motifs is 1. The average molecular weight is 336 g/mol. The normalized spacial score (nSPS) is 16.8. The van der Waals surface area contributed by atoms with Crippen LogP contribution in [0.5, 0.6) is 0 Å². The van der Waals surface area contributed by atoms with Gasteiger partial charge in [0.2, 0.25) is 11.8 Å². The number of aromatic nitrogens is 2. The fraction of sp³-hybridized carbons (Fsp3) is 0.706. The van der Waals surface area contributed by atoms with Crippen LogP contribution < -0.4 is 5.32 Å². The summed E-state index contributed by atoms with van der Waals surface area (Å²) in [5.74, 6) is 0.995. The Morgan fingerprint density at radius 2 is 2.21 bits per heavy atom. The Morgan fingerprint density at radius 1 is 1.42 bits per heavy atom. The second-order valence-corrected chi connectivity index (χ2v) is 6.17. The Kier molecular flexibility index (Phi) is 6.78. The first-order chi connectivity index (χ1) is 11.6. The molecule has 1 aliphatic rings. The van der Waals surface area contributed by atoms with E-state index in [0.29, 0.717) is 26.1 Å². The lowest BCUT2D eigenvalue weighted by atomic mass is 10.1. The lowest BCUT2D eigenvalue weighted by molar-refractivity contribution is -0.134. The molecule has 2 heterocycles. The van der Waals surface area contributed by atoms with E-state index in [-0.39, 0.29) is 24.3 Å². The highest BCUT2D eigenvalue weighted by molar-refractivity contribution is 5.78. The minimum absolute atomic E-state index is 0.0478. The Morgan fingerprint density at radius 3 is 2.92 bits per heavy atom. The predicted octanol–water partition coefficient (Wildman–Crippen LogP) is 1.28. The minimum Gasteiger partial charge on any atom is -0.383 e. The molecule has 0 bridgehead atoms. The fourth-order valence-electron chi connectivity index (χ4n) is 2.96. The van der Waals surface area contributed by atoms with Crippen LogP contribution in [0.3, 0.4) is 0 Å². The van der Waals surface area contributed by atoms with Crippen molar-refractivity contribution in [2.75, 3.05) is 26.8 Å². The van der Waals surface area contributed by atoms with Crippen molar-refractivity contribution in [1.29, 1.82) is 0 Å². The van der Waals surface area contributed by atoms with Crippen molar-refractivity contribution in [3.05, 3.63) is 17.7 Å². The number of hydrogen-bond acceptors (Lipinski definition) is 4. The Balaban J connectivity index is 1.97. The van der Waals surface area contributed by atoms with Crippen LogP contribution in [0, 0.1) is 0 Å². The molecule has 7 heteroatoms. The highest BCUT2D eigenvalue weighted by atomic mass is 16.5. The number of nitrogens with zero attached hydrogens (tertiary/aromatic N) is 3. The maximum Gasteiger partial charge on any atom is 0.226 e. The van der Waals surface area contributed by atoms with Gasteiger partial charge >= 0.3 is 0 Å². The summed E-state index contributed by atoms with van der Waals surface area (Å²) < 4.78 is 6.97. The summed E-state index contributed by atoms with van der Waals surface area (Å²) in [6.07, 6.45) is 4.71.